The minimum Gasteiger partial charge on any atom is -0.497 e. The molecule has 0 bridgehead atoms. The topological polar surface area (TPSA) is 79.8 Å². The van der Waals surface area contributed by atoms with Crippen LogP contribution in [0.25, 0.3) is 0 Å². The van der Waals surface area contributed by atoms with Gasteiger partial charge in [0.25, 0.3) is 10.0 Å². The van der Waals surface area contributed by atoms with Gasteiger partial charge in [0.1, 0.15) is 5.75 Å². The highest BCUT2D eigenvalue weighted by molar-refractivity contribution is 9.10. The van der Waals surface area contributed by atoms with E-state index in [1.165, 1.54) is 0 Å². The molecular formula is C21H20BrN3O3S. The summed E-state index contributed by atoms with van der Waals surface area (Å²) in [4.78, 5) is 0.172. The molecule has 0 aliphatic rings. The second-order valence-electron chi connectivity index (χ2n) is 6.17. The van der Waals surface area contributed by atoms with Crippen LogP contribution < -0.4 is 14.9 Å². The van der Waals surface area contributed by atoms with Gasteiger partial charge in [0.05, 0.1) is 23.4 Å². The summed E-state index contributed by atoms with van der Waals surface area (Å²) in [7, 11) is -2.13. The first kappa shape index (κ1) is 20.9. The van der Waals surface area contributed by atoms with Gasteiger partial charge in [-0.2, -0.15) is 5.10 Å². The molecule has 0 spiro atoms. The standard InChI is InChI=1S/C21H20BrN3O3S/c1-15(23-24-18-7-5-17(22)6-8-18)16-3-13-21(14-4-16)29(26,27)25-19-9-11-20(28-2)12-10-19/h3-14,24-25H,1-2H3. The molecule has 0 atom stereocenters. The van der Waals surface area contributed by atoms with Crippen LogP contribution in [0.1, 0.15) is 12.5 Å². The van der Waals surface area contributed by atoms with Crippen LogP contribution >= 0.6 is 15.9 Å². The third kappa shape index (κ3) is 5.58. The predicted molar refractivity (Wildman–Crippen MR) is 120 cm³/mol. The molecule has 29 heavy (non-hydrogen) atoms. The van der Waals surface area contributed by atoms with Gasteiger partial charge in [0.2, 0.25) is 0 Å². The normalized spacial score (nSPS) is 11.8. The number of hydrogen-bond acceptors (Lipinski definition) is 5. The van der Waals surface area contributed by atoms with E-state index in [0.717, 1.165) is 21.4 Å². The summed E-state index contributed by atoms with van der Waals surface area (Å²) in [5.41, 5.74) is 5.86. The van der Waals surface area contributed by atoms with Crippen molar-refractivity contribution in [2.24, 2.45) is 5.10 Å². The average molecular weight is 474 g/mol. The highest BCUT2D eigenvalue weighted by Gasteiger charge is 2.14. The number of rotatable bonds is 7. The Balaban J connectivity index is 1.70. The van der Waals surface area contributed by atoms with Gasteiger partial charge in [-0.1, -0.05) is 28.1 Å². The quantitative estimate of drug-likeness (QED) is 0.369. The lowest BCUT2D eigenvalue weighted by molar-refractivity contribution is 0.415. The smallest absolute Gasteiger partial charge is 0.261 e. The fourth-order valence-electron chi connectivity index (χ4n) is 2.49. The van der Waals surface area contributed by atoms with Gasteiger partial charge >= 0.3 is 0 Å². The Morgan fingerprint density at radius 3 is 2.07 bits per heavy atom. The summed E-state index contributed by atoms with van der Waals surface area (Å²) in [6.45, 7) is 1.85. The van der Waals surface area contributed by atoms with Crippen molar-refractivity contribution in [1.29, 1.82) is 0 Å². The van der Waals surface area contributed by atoms with Crippen molar-refractivity contribution in [3.05, 3.63) is 82.8 Å². The number of benzene rings is 3. The third-order valence-electron chi connectivity index (χ3n) is 4.12. The zero-order valence-electron chi connectivity index (χ0n) is 15.9. The van der Waals surface area contributed by atoms with E-state index in [9.17, 15) is 8.42 Å². The molecule has 3 aromatic rings. The van der Waals surface area contributed by atoms with Crippen LogP contribution in [0.15, 0.2) is 87.3 Å². The van der Waals surface area contributed by atoms with Crippen molar-refractivity contribution in [3.8, 4) is 5.75 Å². The minimum atomic E-state index is -3.69. The van der Waals surface area contributed by atoms with E-state index < -0.39 is 10.0 Å². The molecule has 0 aliphatic heterocycles. The molecule has 150 valence electrons. The molecule has 0 amide bonds. The van der Waals surface area contributed by atoms with Crippen LogP contribution in [0, 0.1) is 0 Å². The summed E-state index contributed by atoms with van der Waals surface area (Å²) in [5.74, 6) is 0.656. The lowest BCUT2D eigenvalue weighted by atomic mass is 10.1. The number of sulfonamides is 1. The van der Waals surface area contributed by atoms with Crippen LogP contribution in [0.2, 0.25) is 0 Å². The van der Waals surface area contributed by atoms with E-state index in [-0.39, 0.29) is 4.90 Å². The molecule has 2 N–H and O–H groups in total. The van der Waals surface area contributed by atoms with E-state index in [1.807, 2.05) is 31.2 Å². The molecule has 0 heterocycles. The summed E-state index contributed by atoms with van der Waals surface area (Å²) in [6.07, 6.45) is 0. The molecule has 8 heteroatoms. The number of hydrogen-bond donors (Lipinski definition) is 2. The largest absolute Gasteiger partial charge is 0.497 e. The molecular weight excluding hydrogens is 454 g/mol. The van der Waals surface area contributed by atoms with Crippen LogP contribution in [-0.2, 0) is 10.0 Å². The van der Waals surface area contributed by atoms with Crippen LogP contribution in [0.5, 0.6) is 5.75 Å². The molecule has 0 saturated heterocycles. The average Bonchev–Trinajstić information content (AvgIpc) is 2.73. The molecule has 6 nitrogen and oxygen atoms in total. The van der Waals surface area contributed by atoms with E-state index >= 15 is 0 Å². The maximum absolute atomic E-state index is 12.6. The fraction of sp³-hybridized carbons (Fsp3) is 0.0952. The molecule has 0 aliphatic carbocycles. The van der Waals surface area contributed by atoms with E-state index in [0.29, 0.717) is 11.4 Å². The molecule has 0 unspecified atom stereocenters. The minimum absolute atomic E-state index is 0.172. The van der Waals surface area contributed by atoms with Gasteiger partial charge in [-0.05, 0) is 73.2 Å². The second-order valence-corrected chi connectivity index (χ2v) is 8.77. The van der Waals surface area contributed by atoms with Gasteiger partial charge in [-0.25, -0.2) is 8.42 Å². The Hall–Kier alpha value is -2.84. The number of halogens is 1. The first-order valence-corrected chi connectivity index (χ1v) is 11.0. The summed E-state index contributed by atoms with van der Waals surface area (Å²) >= 11 is 3.39. The van der Waals surface area contributed by atoms with Crippen LogP contribution in [0.3, 0.4) is 0 Å². The Kier molecular flexibility index (Phi) is 6.56. The number of hydrazone groups is 1. The molecule has 0 radical (unpaired) electrons. The van der Waals surface area contributed by atoms with Gasteiger partial charge in [-0.3, -0.25) is 10.1 Å². The molecule has 0 saturated carbocycles. The van der Waals surface area contributed by atoms with E-state index in [1.54, 1.807) is 55.6 Å². The summed E-state index contributed by atoms with van der Waals surface area (Å²) in [6, 6.07) is 20.9. The zero-order valence-corrected chi connectivity index (χ0v) is 18.3. The van der Waals surface area contributed by atoms with Gasteiger partial charge < -0.3 is 4.74 Å². The monoisotopic (exact) mass is 473 g/mol. The first-order chi connectivity index (χ1) is 13.9. The van der Waals surface area contributed by atoms with E-state index in [4.69, 9.17) is 4.74 Å². The molecule has 0 aromatic heterocycles. The number of methoxy groups -OCH3 is 1. The van der Waals surface area contributed by atoms with Crippen molar-refractivity contribution in [2.75, 3.05) is 17.3 Å². The van der Waals surface area contributed by atoms with Crippen molar-refractivity contribution in [2.45, 2.75) is 11.8 Å². The second kappa shape index (κ2) is 9.11. The van der Waals surface area contributed by atoms with Gasteiger partial charge in [0, 0.05) is 10.2 Å². The predicted octanol–water partition coefficient (Wildman–Crippen LogP) is 5.09. The van der Waals surface area contributed by atoms with Crippen LogP contribution in [-0.4, -0.2) is 21.2 Å². The van der Waals surface area contributed by atoms with Crippen LogP contribution in [0.4, 0.5) is 11.4 Å². The first-order valence-electron chi connectivity index (χ1n) is 8.70. The highest BCUT2D eigenvalue weighted by Crippen LogP contribution is 2.20. The molecule has 3 aromatic carbocycles. The van der Waals surface area contributed by atoms with Crippen molar-refractivity contribution < 1.29 is 13.2 Å². The van der Waals surface area contributed by atoms with Crippen molar-refractivity contribution in [1.82, 2.24) is 0 Å². The van der Waals surface area contributed by atoms with E-state index in [2.05, 4.69) is 31.2 Å². The maximum Gasteiger partial charge on any atom is 0.261 e. The molecule has 0 fully saturated rings. The Morgan fingerprint density at radius 2 is 1.48 bits per heavy atom. The lowest BCUT2D eigenvalue weighted by Gasteiger charge is -2.10. The summed E-state index contributed by atoms with van der Waals surface area (Å²) < 4.78 is 33.8. The SMILES string of the molecule is COc1ccc(NS(=O)(=O)c2ccc(C(C)=NNc3ccc(Br)cc3)cc2)cc1. The van der Waals surface area contributed by atoms with Crippen molar-refractivity contribution in [3.63, 3.8) is 0 Å². The third-order valence-corrected chi connectivity index (χ3v) is 6.05. The Bertz CT molecular complexity index is 1100. The van der Waals surface area contributed by atoms with Gasteiger partial charge in [-0.15, -0.1) is 0 Å². The lowest BCUT2D eigenvalue weighted by Crippen LogP contribution is -2.13. The number of ether oxygens (including phenoxy) is 1. The summed E-state index contributed by atoms with van der Waals surface area (Å²) in [5, 5.41) is 4.34. The highest BCUT2D eigenvalue weighted by atomic mass is 79.9. The molecule has 3 rings (SSSR count). The maximum atomic E-state index is 12.6. The Labute approximate surface area is 178 Å². The number of nitrogens with zero attached hydrogens (tertiary/aromatic N) is 1. The number of nitrogens with one attached hydrogen (secondary N) is 2. The fourth-order valence-corrected chi connectivity index (χ4v) is 3.81. The Morgan fingerprint density at radius 1 is 0.897 bits per heavy atom. The zero-order chi connectivity index (χ0) is 20.9. The number of anilines is 2. The van der Waals surface area contributed by atoms with Crippen molar-refractivity contribution >= 4 is 43.0 Å². The van der Waals surface area contributed by atoms with Gasteiger partial charge in [0.15, 0.2) is 0 Å².